The number of urea groups is 1. The van der Waals surface area contributed by atoms with Crippen LogP contribution in [0.5, 0.6) is 17.4 Å². The first-order chi connectivity index (χ1) is 22.2. The van der Waals surface area contributed by atoms with Crippen LogP contribution < -0.4 is 25.4 Å². The lowest BCUT2D eigenvalue weighted by Crippen LogP contribution is -2.41. The molecule has 1 aromatic heterocycles. The van der Waals surface area contributed by atoms with Crippen LogP contribution in [0.2, 0.25) is 0 Å². The molecule has 0 aliphatic heterocycles. The van der Waals surface area contributed by atoms with Crippen LogP contribution in [0.3, 0.4) is 0 Å². The number of non-ortho nitro benzene ring substituents is 1. The quantitative estimate of drug-likeness (QED) is 0.112. The summed E-state index contributed by atoms with van der Waals surface area (Å²) in [6.07, 6.45) is 4.58. The molecule has 1 saturated carbocycles. The molecule has 1 aliphatic rings. The Bertz CT molecular complexity index is 1690. The monoisotopic (exact) mass is 625 g/mol. The van der Waals surface area contributed by atoms with E-state index in [9.17, 15) is 29.6 Å². The number of rotatable bonds is 11. The molecular weight excluding hydrogens is 594 g/mol. The number of nitro groups is 1. The SMILES string of the molecule is O=C(Cc1ccc(Oc2ccc(OC3CCC(NC(=O)Nc4ccc([N+](=O)[O-])cc4)CC3)cc2)nc1)Nc1ccccc1C(=O)O. The number of para-hydroxylation sites is 1. The summed E-state index contributed by atoms with van der Waals surface area (Å²) in [6.45, 7) is 0. The molecule has 1 aliphatic carbocycles. The van der Waals surface area contributed by atoms with Crippen molar-refractivity contribution in [2.75, 3.05) is 10.6 Å². The standard InChI is InChI=1S/C33H31N5O8/c39-30(37-29-4-2-1-3-28(29)32(40)41)19-21-5-18-31(34-20-21)46-27-16-14-26(15-17-27)45-25-12-8-23(9-13-25)36-33(42)35-22-6-10-24(11-7-22)38(43)44/h1-7,10-11,14-18,20,23,25H,8-9,12-13,19H2,(H,37,39)(H,40,41)(H2,35,36,42). The number of carbonyl (C=O) groups is 3. The third kappa shape index (κ3) is 8.78. The van der Waals surface area contributed by atoms with E-state index in [1.54, 1.807) is 36.4 Å². The van der Waals surface area contributed by atoms with Gasteiger partial charge in [0.2, 0.25) is 11.8 Å². The maximum Gasteiger partial charge on any atom is 0.337 e. The predicted molar refractivity (Wildman–Crippen MR) is 168 cm³/mol. The van der Waals surface area contributed by atoms with Crippen molar-refractivity contribution in [3.63, 3.8) is 0 Å². The van der Waals surface area contributed by atoms with E-state index in [2.05, 4.69) is 20.9 Å². The third-order valence-electron chi connectivity index (χ3n) is 7.29. The molecule has 0 spiro atoms. The average Bonchev–Trinajstić information content (AvgIpc) is 3.04. The Hall–Kier alpha value is -5.98. The number of amides is 3. The maximum absolute atomic E-state index is 12.4. The summed E-state index contributed by atoms with van der Waals surface area (Å²) in [7, 11) is 0. The molecule has 5 rings (SSSR count). The summed E-state index contributed by atoms with van der Waals surface area (Å²) >= 11 is 0. The number of pyridine rings is 1. The van der Waals surface area contributed by atoms with E-state index in [1.165, 1.54) is 42.6 Å². The number of carbonyl (C=O) groups excluding carboxylic acids is 2. The van der Waals surface area contributed by atoms with E-state index in [1.807, 2.05) is 12.1 Å². The van der Waals surface area contributed by atoms with E-state index in [0.29, 0.717) is 28.6 Å². The zero-order valence-corrected chi connectivity index (χ0v) is 24.5. The van der Waals surface area contributed by atoms with Crippen molar-refractivity contribution in [2.24, 2.45) is 0 Å². The molecule has 0 unspecified atom stereocenters. The molecule has 0 atom stereocenters. The largest absolute Gasteiger partial charge is 0.490 e. The van der Waals surface area contributed by atoms with Gasteiger partial charge in [0.15, 0.2) is 0 Å². The van der Waals surface area contributed by atoms with Crippen LogP contribution in [0.15, 0.2) is 91.1 Å². The van der Waals surface area contributed by atoms with Gasteiger partial charge in [0.05, 0.1) is 28.7 Å². The molecule has 236 valence electrons. The Morgan fingerprint density at radius 2 is 1.57 bits per heavy atom. The summed E-state index contributed by atoms with van der Waals surface area (Å²) in [5, 5.41) is 28.3. The van der Waals surface area contributed by atoms with Crippen LogP contribution in [0, 0.1) is 10.1 Å². The molecule has 13 nitrogen and oxygen atoms in total. The van der Waals surface area contributed by atoms with Crippen molar-refractivity contribution in [1.29, 1.82) is 0 Å². The second-order valence-electron chi connectivity index (χ2n) is 10.6. The third-order valence-corrected chi connectivity index (χ3v) is 7.29. The fourth-order valence-electron chi connectivity index (χ4n) is 4.98. The van der Waals surface area contributed by atoms with Crippen LogP contribution in [0.4, 0.5) is 21.9 Å². The average molecular weight is 626 g/mol. The van der Waals surface area contributed by atoms with Gasteiger partial charge in [-0.25, -0.2) is 14.6 Å². The number of aromatic carboxylic acids is 1. The van der Waals surface area contributed by atoms with Gasteiger partial charge in [0.25, 0.3) is 5.69 Å². The zero-order chi connectivity index (χ0) is 32.5. The highest BCUT2D eigenvalue weighted by Gasteiger charge is 2.24. The van der Waals surface area contributed by atoms with Crippen molar-refractivity contribution in [3.05, 3.63) is 112 Å². The minimum absolute atomic E-state index is 0.00407. The molecule has 4 aromatic rings. The minimum Gasteiger partial charge on any atom is -0.490 e. The van der Waals surface area contributed by atoms with E-state index in [-0.39, 0.29) is 47.4 Å². The van der Waals surface area contributed by atoms with Crippen LogP contribution >= 0.6 is 0 Å². The summed E-state index contributed by atoms with van der Waals surface area (Å²) < 4.78 is 12.0. The smallest absolute Gasteiger partial charge is 0.337 e. The summed E-state index contributed by atoms with van der Waals surface area (Å²) in [5.74, 6) is 0.107. The highest BCUT2D eigenvalue weighted by molar-refractivity contribution is 6.01. The second-order valence-corrected chi connectivity index (χ2v) is 10.6. The van der Waals surface area contributed by atoms with Crippen molar-refractivity contribution in [3.8, 4) is 17.4 Å². The number of hydrogen-bond donors (Lipinski definition) is 4. The van der Waals surface area contributed by atoms with Crippen molar-refractivity contribution in [2.45, 2.75) is 44.2 Å². The number of anilines is 2. The van der Waals surface area contributed by atoms with Gasteiger partial charge < -0.3 is 30.5 Å². The first kappa shape index (κ1) is 31.4. The lowest BCUT2D eigenvalue weighted by Gasteiger charge is -2.29. The highest BCUT2D eigenvalue weighted by atomic mass is 16.6. The number of ether oxygens (including phenoxy) is 2. The molecule has 0 bridgehead atoms. The number of nitrogens with one attached hydrogen (secondary N) is 3. The Morgan fingerprint density at radius 1 is 0.870 bits per heavy atom. The molecule has 13 heteroatoms. The van der Waals surface area contributed by atoms with Gasteiger partial charge in [0, 0.05) is 36.1 Å². The first-order valence-electron chi connectivity index (χ1n) is 14.6. The molecule has 3 aromatic carbocycles. The lowest BCUT2D eigenvalue weighted by molar-refractivity contribution is -0.384. The fourth-order valence-corrected chi connectivity index (χ4v) is 4.98. The van der Waals surface area contributed by atoms with E-state index >= 15 is 0 Å². The summed E-state index contributed by atoms with van der Waals surface area (Å²) in [6, 6.07) is 22.0. The number of carboxylic acid groups (broad SMARTS) is 1. The van der Waals surface area contributed by atoms with E-state index < -0.39 is 10.9 Å². The predicted octanol–water partition coefficient (Wildman–Crippen LogP) is 6.17. The lowest BCUT2D eigenvalue weighted by atomic mass is 9.93. The van der Waals surface area contributed by atoms with Crippen LogP contribution in [-0.4, -0.2) is 45.1 Å². The Labute approximate surface area is 263 Å². The van der Waals surface area contributed by atoms with E-state index in [4.69, 9.17) is 9.47 Å². The van der Waals surface area contributed by atoms with Crippen LogP contribution in [-0.2, 0) is 11.2 Å². The van der Waals surface area contributed by atoms with Crippen molar-refractivity contribution < 1.29 is 33.9 Å². The van der Waals surface area contributed by atoms with Gasteiger partial charge in [-0.3, -0.25) is 14.9 Å². The van der Waals surface area contributed by atoms with Gasteiger partial charge in [0.1, 0.15) is 11.5 Å². The molecule has 1 fully saturated rings. The van der Waals surface area contributed by atoms with Gasteiger partial charge in [-0.05, 0) is 79.8 Å². The molecule has 46 heavy (non-hydrogen) atoms. The number of aromatic nitrogens is 1. The van der Waals surface area contributed by atoms with Gasteiger partial charge in [-0.2, -0.15) is 0 Å². The van der Waals surface area contributed by atoms with E-state index in [0.717, 1.165) is 25.7 Å². The Balaban J connectivity index is 1.03. The van der Waals surface area contributed by atoms with Crippen molar-refractivity contribution >= 4 is 35.0 Å². The Morgan fingerprint density at radius 3 is 2.22 bits per heavy atom. The van der Waals surface area contributed by atoms with Crippen LogP contribution in [0.25, 0.3) is 0 Å². The maximum atomic E-state index is 12.4. The minimum atomic E-state index is -1.12. The number of nitrogens with zero attached hydrogens (tertiary/aromatic N) is 2. The van der Waals surface area contributed by atoms with Gasteiger partial charge >= 0.3 is 12.0 Å². The highest BCUT2D eigenvalue weighted by Crippen LogP contribution is 2.27. The number of nitro benzene ring substituents is 1. The first-order valence-corrected chi connectivity index (χ1v) is 14.6. The zero-order valence-electron chi connectivity index (χ0n) is 24.5. The normalized spacial score (nSPS) is 15.7. The fraction of sp³-hybridized carbons (Fsp3) is 0.212. The second kappa shape index (κ2) is 14.7. The summed E-state index contributed by atoms with van der Waals surface area (Å²) in [5.41, 5.74) is 1.31. The van der Waals surface area contributed by atoms with Gasteiger partial charge in [-0.15, -0.1) is 0 Å². The Kier molecular flexibility index (Phi) is 10.0. The van der Waals surface area contributed by atoms with Crippen LogP contribution in [0.1, 0.15) is 41.6 Å². The molecule has 1 heterocycles. The topological polar surface area (TPSA) is 182 Å². The molecule has 3 amide bonds. The summed E-state index contributed by atoms with van der Waals surface area (Å²) in [4.78, 5) is 50.7. The molecule has 0 saturated heterocycles. The number of carboxylic acids is 1. The number of benzene rings is 3. The molecule has 4 N–H and O–H groups in total. The molecule has 0 radical (unpaired) electrons. The number of hydrogen-bond acceptors (Lipinski definition) is 8. The van der Waals surface area contributed by atoms with Gasteiger partial charge in [-0.1, -0.05) is 18.2 Å². The molecular formula is C33H31N5O8. The van der Waals surface area contributed by atoms with Crippen molar-refractivity contribution in [1.82, 2.24) is 10.3 Å².